The van der Waals surface area contributed by atoms with E-state index in [1.165, 1.54) is 12.1 Å². The van der Waals surface area contributed by atoms with Crippen LogP contribution in [0.25, 0.3) is 0 Å². The number of sulfonamides is 1. The summed E-state index contributed by atoms with van der Waals surface area (Å²) in [5, 5.41) is 18.8. The molecule has 2 atom stereocenters. The summed E-state index contributed by atoms with van der Waals surface area (Å²) in [5.74, 6) is -0.511. The largest absolute Gasteiger partial charge is 0.390 e. The van der Waals surface area contributed by atoms with Gasteiger partial charge in [0.1, 0.15) is 5.82 Å². The number of rotatable bonds is 2. The Hall–Kier alpha value is -1.02. The maximum absolute atomic E-state index is 12.7. The zero-order valence-electron chi connectivity index (χ0n) is 9.53. The van der Waals surface area contributed by atoms with Gasteiger partial charge in [0.25, 0.3) is 0 Å². The number of hydrogen-bond donors (Lipinski definition) is 2. The lowest BCUT2D eigenvalue weighted by atomic mass is 10.1. The number of aliphatic hydroxyl groups excluding tert-OH is 2. The minimum absolute atomic E-state index is 0.0208. The molecule has 1 aliphatic heterocycles. The zero-order chi connectivity index (χ0) is 13.3. The topological polar surface area (TPSA) is 77.8 Å². The van der Waals surface area contributed by atoms with Gasteiger partial charge in [-0.05, 0) is 30.7 Å². The highest BCUT2D eigenvalue weighted by Gasteiger charge is 2.33. The lowest BCUT2D eigenvalue weighted by Gasteiger charge is -2.32. The molecule has 18 heavy (non-hydrogen) atoms. The standard InChI is InChI=1S/C11H14FNO4S/c12-8-1-3-9(4-2-8)18(16,17)13-6-5-10(14)11(15)7-13/h1-4,10-11,14-15H,5-7H2/t10-,11+/m1/s1. The molecule has 1 aromatic carbocycles. The fourth-order valence-corrected chi connectivity index (χ4v) is 3.34. The Kier molecular flexibility index (Phi) is 3.67. The molecule has 2 N–H and O–H groups in total. The molecular weight excluding hydrogens is 261 g/mol. The van der Waals surface area contributed by atoms with Gasteiger partial charge >= 0.3 is 0 Å². The first kappa shape index (κ1) is 13.4. The summed E-state index contributed by atoms with van der Waals surface area (Å²) in [5.41, 5.74) is 0. The van der Waals surface area contributed by atoms with Gasteiger partial charge < -0.3 is 10.2 Å². The molecule has 1 aliphatic rings. The van der Waals surface area contributed by atoms with Gasteiger partial charge in [-0.15, -0.1) is 0 Å². The molecule has 100 valence electrons. The van der Waals surface area contributed by atoms with Crippen LogP contribution in [0.2, 0.25) is 0 Å². The number of piperidine rings is 1. The average Bonchev–Trinajstić information content (AvgIpc) is 2.33. The molecule has 0 aromatic heterocycles. The molecule has 7 heteroatoms. The van der Waals surface area contributed by atoms with Crippen LogP contribution in [-0.4, -0.2) is 48.2 Å². The fourth-order valence-electron chi connectivity index (χ4n) is 1.86. The second-order valence-corrected chi connectivity index (χ2v) is 6.18. The highest BCUT2D eigenvalue weighted by molar-refractivity contribution is 7.89. The summed E-state index contributed by atoms with van der Waals surface area (Å²) in [6.45, 7) is -0.0151. The number of aliphatic hydroxyl groups is 2. The summed E-state index contributed by atoms with van der Waals surface area (Å²) in [6.07, 6.45) is -1.81. The Bertz CT molecular complexity index is 516. The molecule has 0 saturated carbocycles. The molecule has 0 spiro atoms. The normalized spacial score (nSPS) is 26.2. The second kappa shape index (κ2) is 4.93. The first-order valence-corrected chi connectivity index (χ1v) is 6.97. The van der Waals surface area contributed by atoms with E-state index in [1.807, 2.05) is 0 Å². The number of hydrogen-bond acceptors (Lipinski definition) is 4. The highest BCUT2D eigenvalue weighted by atomic mass is 32.2. The van der Waals surface area contributed by atoms with Gasteiger partial charge in [-0.25, -0.2) is 12.8 Å². The maximum Gasteiger partial charge on any atom is 0.243 e. The number of benzene rings is 1. The number of nitrogens with zero attached hydrogens (tertiary/aromatic N) is 1. The first-order chi connectivity index (χ1) is 8.41. The van der Waals surface area contributed by atoms with Crippen LogP contribution >= 0.6 is 0 Å². The Morgan fingerprint density at radius 1 is 1.17 bits per heavy atom. The monoisotopic (exact) mass is 275 g/mol. The van der Waals surface area contributed by atoms with E-state index in [0.717, 1.165) is 16.4 Å². The minimum Gasteiger partial charge on any atom is -0.390 e. The third-order valence-corrected chi connectivity index (χ3v) is 4.84. The summed E-state index contributed by atoms with van der Waals surface area (Å²) >= 11 is 0. The molecule has 0 bridgehead atoms. The number of β-amino-alcohol motifs (C(OH)–C–C–N with tert-alkyl or cyclic N) is 1. The van der Waals surface area contributed by atoms with Gasteiger partial charge in [-0.1, -0.05) is 0 Å². The van der Waals surface area contributed by atoms with E-state index in [4.69, 9.17) is 0 Å². The van der Waals surface area contributed by atoms with Crippen molar-refractivity contribution in [1.29, 1.82) is 0 Å². The Balaban J connectivity index is 2.24. The molecule has 0 amide bonds. The quantitative estimate of drug-likeness (QED) is 0.793. The highest BCUT2D eigenvalue weighted by Crippen LogP contribution is 2.21. The van der Waals surface area contributed by atoms with Gasteiger partial charge in [0.15, 0.2) is 0 Å². The van der Waals surface area contributed by atoms with Crippen LogP contribution in [0, 0.1) is 5.82 Å². The molecule has 5 nitrogen and oxygen atoms in total. The van der Waals surface area contributed by atoms with Crippen molar-refractivity contribution in [2.45, 2.75) is 23.5 Å². The first-order valence-electron chi connectivity index (χ1n) is 5.53. The zero-order valence-corrected chi connectivity index (χ0v) is 10.3. The summed E-state index contributed by atoms with van der Waals surface area (Å²) in [7, 11) is -3.74. The summed E-state index contributed by atoms with van der Waals surface area (Å²) in [6, 6.07) is 4.51. The minimum atomic E-state index is -3.74. The van der Waals surface area contributed by atoms with Crippen LogP contribution in [0.3, 0.4) is 0 Å². The van der Waals surface area contributed by atoms with Crippen molar-refractivity contribution < 1.29 is 23.0 Å². The van der Waals surface area contributed by atoms with Gasteiger partial charge in [0, 0.05) is 13.1 Å². The van der Waals surface area contributed by atoms with E-state index in [2.05, 4.69) is 0 Å². The molecule has 1 saturated heterocycles. The van der Waals surface area contributed by atoms with E-state index in [-0.39, 0.29) is 24.4 Å². The Morgan fingerprint density at radius 2 is 1.78 bits per heavy atom. The smallest absolute Gasteiger partial charge is 0.243 e. The van der Waals surface area contributed by atoms with E-state index in [0.29, 0.717) is 0 Å². The summed E-state index contributed by atoms with van der Waals surface area (Å²) < 4.78 is 38.2. The lowest BCUT2D eigenvalue weighted by molar-refractivity contribution is -0.0191. The van der Waals surface area contributed by atoms with Crippen LogP contribution < -0.4 is 0 Å². The maximum atomic E-state index is 12.7. The predicted octanol–water partition coefficient (Wildman–Crippen LogP) is -0.0581. The van der Waals surface area contributed by atoms with Crippen molar-refractivity contribution in [3.8, 4) is 0 Å². The molecule has 0 unspecified atom stereocenters. The van der Waals surface area contributed by atoms with E-state index in [1.54, 1.807) is 0 Å². The van der Waals surface area contributed by atoms with Crippen molar-refractivity contribution in [3.05, 3.63) is 30.1 Å². The average molecular weight is 275 g/mol. The molecule has 1 fully saturated rings. The predicted molar refractivity (Wildman–Crippen MR) is 61.8 cm³/mol. The fraction of sp³-hybridized carbons (Fsp3) is 0.455. The summed E-state index contributed by atoms with van der Waals surface area (Å²) in [4.78, 5) is -0.0208. The van der Waals surface area contributed by atoms with Crippen LogP contribution in [0.1, 0.15) is 6.42 Å². The van der Waals surface area contributed by atoms with Crippen LogP contribution in [-0.2, 0) is 10.0 Å². The van der Waals surface area contributed by atoms with Crippen LogP contribution in [0.5, 0.6) is 0 Å². The van der Waals surface area contributed by atoms with Crippen molar-refractivity contribution in [1.82, 2.24) is 4.31 Å². The van der Waals surface area contributed by atoms with E-state index in [9.17, 15) is 23.0 Å². The molecule has 0 aliphatic carbocycles. The third-order valence-electron chi connectivity index (χ3n) is 2.96. The van der Waals surface area contributed by atoms with Crippen molar-refractivity contribution in [2.75, 3.05) is 13.1 Å². The SMILES string of the molecule is O=S(=O)(c1ccc(F)cc1)N1CC[C@@H](O)[C@@H](O)C1. The molecule has 1 aromatic rings. The molecular formula is C11H14FNO4S. The van der Waals surface area contributed by atoms with Crippen LogP contribution in [0.15, 0.2) is 29.2 Å². The third kappa shape index (κ3) is 2.54. The molecule has 1 heterocycles. The Morgan fingerprint density at radius 3 is 2.33 bits per heavy atom. The van der Waals surface area contributed by atoms with Crippen molar-refractivity contribution in [2.24, 2.45) is 0 Å². The molecule has 0 radical (unpaired) electrons. The van der Waals surface area contributed by atoms with Gasteiger partial charge in [0.05, 0.1) is 17.1 Å². The Labute approximate surface area is 105 Å². The molecule has 2 rings (SSSR count). The van der Waals surface area contributed by atoms with E-state index < -0.39 is 28.0 Å². The van der Waals surface area contributed by atoms with Crippen LogP contribution in [0.4, 0.5) is 4.39 Å². The van der Waals surface area contributed by atoms with Crippen molar-refractivity contribution in [3.63, 3.8) is 0 Å². The lowest BCUT2D eigenvalue weighted by Crippen LogP contribution is -2.48. The number of halogens is 1. The van der Waals surface area contributed by atoms with Crippen molar-refractivity contribution >= 4 is 10.0 Å². The van der Waals surface area contributed by atoms with Gasteiger partial charge in [-0.2, -0.15) is 4.31 Å². The second-order valence-electron chi connectivity index (χ2n) is 4.24. The van der Waals surface area contributed by atoms with E-state index >= 15 is 0 Å². The van der Waals surface area contributed by atoms with Gasteiger partial charge in [0.2, 0.25) is 10.0 Å². The van der Waals surface area contributed by atoms with Gasteiger partial charge in [-0.3, -0.25) is 0 Å².